The van der Waals surface area contributed by atoms with E-state index in [9.17, 15) is 19.1 Å². The van der Waals surface area contributed by atoms with Crippen molar-refractivity contribution in [2.24, 2.45) is 5.92 Å². The van der Waals surface area contributed by atoms with E-state index in [4.69, 9.17) is 0 Å². The molecule has 0 heterocycles. The third-order valence-electron chi connectivity index (χ3n) is 3.43. The summed E-state index contributed by atoms with van der Waals surface area (Å²) >= 11 is 1.06. The molecule has 1 amide bonds. The molecule has 1 fully saturated rings. The van der Waals surface area contributed by atoms with Crippen molar-refractivity contribution in [1.29, 1.82) is 0 Å². The number of amides is 1. The van der Waals surface area contributed by atoms with Crippen molar-refractivity contribution in [3.63, 3.8) is 0 Å². The van der Waals surface area contributed by atoms with E-state index >= 15 is 0 Å². The van der Waals surface area contributed by atoms with Gasteiger partial charge in [0.05, 0.1) is 5.75 Å². The highest BCUT2D eigenvalue weighted by molar-refractivity contribution is 8.00. The fourth-order valence-corrected chi connectivity index (χ4v) is 2.76. The van der Waals surface area contributed by atoms with Gasteiger partial charge in [0.15, 0.2) is 0 Å². The summed E-state index contributed by atoms with van der Waals surface area (Å²) in [4.78, 5) is 23.5. The van der Waals surface area contributed by atoms with E-state index < -0.39 is 17.4 Å². The Balaban J connectivity index is 1.92. The van der Waals surface area contributed by atoms with Crippen molar-refractivity contribution >= 4 is 23.6 Å². The first-order chi connectivity index (χ1) is 9.43. The summed E-state index contributed by atoms with van der Waals surface area (Å²) in [7, 11) is 0. The molecule has 1 aliphatic rings. The van der Waals surface area contributed by atoms with Gasteiger partial charge in [-0.2, -0.15) is 0 Å². The summed E-state index contributed by atoms with van der Waals surface area (Å²) in [5, 5.41) is 11.8. The fraction of sp³-hybridized carbons (Fsp3) is 0.429. The normalized spacial score (nSPS) is 17.3. The number of benzene rings is 1. The summed E-state index contributed by atoms with van der Waals surface area (Å²) in [6, 6.07) is 6.18. The Morgan fingerprint density at radius 3 is 2.65 bits per heavy atom. The third kappa shape index (κ3) is 3.30. The maximum atomic E-state index is 13.4. The van der Waals surface area contributed by atoms with Gasteiger partial charge in [-0.3, -0.25) is 4.79 Å². The van der Waals surface area contributed by atoms with Gasteiger partial charge in [-0.25, -0.2) is 9.18 Å². The van der Waals surface area contributed by atoms with Crippen molar-refractivity contribution in [2.75, 3.05) is 5.75 Å². The molecule has 0 radical (unpaired) electrons. The summed E-state index contributed by atoms with van der Waals surface area (Å²) in [6.07, 6.45) is 1.62. The lowest BCUT2D eigenvalue weighted by Crippen LogP contribution is -2.54. The lowest BCUT2D eigenvalue weighted by Gasteiger charge is -2.26. The predicted octanol–water partition coefficient (Wildman–Crippen LogP) is 2.29. The number of hydrogen-bond acceptors (Lipinski definition) is 3. The Labute approximate surface area is 120 Å². The van der Waals surface area contributed by atoms with Gasteiger partial charge < -0.3 is 10.4 Å². The van der Waals surface area contributed by atoms with E-state index in [1.54, 1.807) is 18.2 Å². The van der Waals surface area contributed by atoms with E-state index in [1.807, 2.05) is 0 Å². The number of aliphatic carboxylic acids is 1. The van der Waals surface area contributed by atoms with Crippen LogP contribution in [0.4, 0.5) is 4.39 Å². The predicted molar refractivity (Wildman–Crippen MR) is 74.0 cm³/mol. The maximum Gasteiger partial charge on any atom is 0.329 e. The molecule has 1 unspecified atom stereocenters. The van der Waals surface area contributed by atoms with Gasteiger partial charge in [0.25, 0.3) is 0 Å². The molecular weight excluding hydrogens is 281 g/mol. The van der Waals surface area contributed by atoms with Crippen molar-refractivity contribution in [2.45, 2.75) is 30.2 Å². The van der Waals surface area contributed by atoms with E-state index in [0.717, 1.165) is 24.6 Å². The molecule has 1 aliphatic carbocycles. The molecule has 1 saturated carbocycles. The summed E-state index contributed by atoms with van der Waals surface area (Å²) in [5.41, 5.74) is -1.22. The van der Waals surface area contributed by atoms with E-state index in [2.05, 4.69) is 5.32 Å². The molecule has 1 aromatic carbocycles. The Morgan fingerprint density at radius 2 is 2.10 bits per heavy atom. The van der Waals surface area contributed by atoms with Crippen LogP contribution in [0, 0.1) is 11.7 Å². The Bertz CT molecular complexity index is 533. The first-order valence-electron chi connectivity index (χ1n) is 6.35. The van der Waals surface area contributed by atoms with Crippen LogP contribution >= 0.6 is 11.8 Å². The van der Waals surface area contributed by atoms with Gasteiger partial charge in [0, 0.05) is 4.90 Å². The summed E-state index contributed by atoms with van der Waals surface area (Å²) in [5.74, 6) is -1.81. The molecule has 4 nitrogen and oxygen atoms in total. The molecule has 0 bridgehead atoms. The molecule has 0 aromatic heterocycles. The molecule has 1 atom stereocenters. The minimum absolute atomic E-state index is 0.00345. The fourth-order valence-electron chi connectivity index (χ4n) is 2.02. The molecule has 2 N–H and O–H groups in total. The number of rotatable bonds is 6. The van der Waals surface area contributed by atoms with Crippen molar-refractivity contribution in [3.05, 3.63) is 30.1 Å². The number of halogens is 1. The minimum atomic E-state index is -1.22. The number of carbonyl (C=O) groups is 2. The first-order valence-corrected chi connectivity index (χ1v) is 7.34. The van der Waals surface area contributed by atoms with Crippen molar-refractivity contribution in [3.8, 4) is 0 Å². The van der Waals surface area contributed by atoms with Crippen LogP contribution in [0.3, 0.4) is 0 Å². The van der Waals surface area contributed by atoms with Crippen LogP contribution in [-0.4, -0.2) is 28.3 Å². The van der Waals surface area contributed by atoms with Crippen molar-refractivity contribution in [1.82, 2.24) is 5.32 Å². The van der Waals surface area contributed by atoms with E-state index in [0.29, 0.717) is 4.90 Å². The minimum Gasteiger partial charge on any atom is -0.480 e. The standard InChI is InChI=1S/C14H16FNO3S/c1-14(13(18)19,9-6-7-9)16-12(17)8-20-11-5-3-2-4-10(11)15/h2-5,9H,6-8H2,1H3,(H,16,17)(H,18,19). The summed E-state index contributed by atoms with van der Waals surface area (Å²) < 4.78 is 13.4. The van der Waals surface area contributed by atoms with Gasteiger partial charge in [-0.15, -0.1) is 11.8 Å². The molecule has 1 aromatic rings. The SMILES string of the molecule is CC(NC(=O)CSc1ccccc1F)(C(=O)O)C1CC1. The maximum absolute atomic E-state index is 13.4. The average Bonchev–Trinajstić information content (AvgIpc) is 3.22. The quantitative estimate of drug-likeness (QED) is 0.791. The number of nitrogens with one attached hydrogen (secondary N) is 1. The van der Waals surface area contributed by atoms with Crippen LogP contribution in [0.1, 0.15) is 19.8 Å². The zero-order valence-electron chi connectivity index (χ0n) is 11.1. The van der Waals surface area contributed by atoms with Crippen LogP contribution in [0.15, 0.2) is 29.2 Å². The van der Waals surface area contributed by atoms with Crippen LogP contribution in [0.25, 0.3) is 0 Å². The molecule has 20 heavy (non-hydrogen) atoms. The monoisotopic (exact) mass is 297 g/mol. The highest BCUT2D eigenvalue weighted by Gasteiger charge is 2.48. The molecular formula is C14H16FNO3S. The van der Waals surface area contributed by atoms with Gasteiger partial charge >= 0.3 is 5.97 Å². The molecule has 0 saturated heterocycles. The molecule has 0 aliphatic heterocycles. The van der Waals surface area contributed by atoms with Crippen LogP contribution < -0.4 is 5.32 Å². The highest BCUT2D eigenvalue weighted by Crippen LogP contribution is 2.39. The first kappa shape index (κ1) is 14.8. The van der Waals surface area contributed by atoms with E-state index in [1.165, 1.54) is 13.0 Å². The van der Waals surface area contributed by atoms with Crippen LogP contribution in [0.5, 0.6) is 0 Å². The van der Waals surface area contributed by atoms with Crippen molar-refractivity contribution < 1.29 is 19.1 Å². The third-order valence-corrected chi connectivity index (χ3v) is 4.48. The Hall–Kier alpha value is -1.56. The lowest BCUT2D eigenvalue weighted by atomic mass is 9.96. The van der Waals surface area contributed by atoms with Gasteiger partial charge in [0.1, 0.15) is 11.4 Å². The smallest absolute Gasteiger partial charge is 0.329 e. The number of carbonyl (C=O) groups excluding carboxylic acids is 1. The second-order valence-corrected chi connectivity index (χ2v) is 6.07. The zero-order chi connectivity index (χ0) is 14.8. The number of carboxylic acids is 1. The number of thioether (sulfide) groups is 1. The molecule has 108 valence electrons. The second kappa shape index (κ2) is 5.83. The average molecular weight is 297 g/mol. The largest absolute Gasteiger partial charge is 0.480 e. The Morgan fingerprint density at radius 1 is 1.45 bits per heavy atom. The van der Waals surface area contributed by atoms with Crippen LogP contribution in [0.2, 0.25) is 0 Å². The second-order valence-electron chi connectivity index (χ2n) is 5.05. The number of carboxylic acid groups (broad SMARTS) is 1. The number of hydrogen-bond donors (Lipinski definition) is 2. The zero-order valence-corrected chi connectivity index (χ0v) is 11.9. The van der Waals surface area contributed by atoms with Gasteiger partial charge in [0.2, 0.25) is 5.91 Å². The topological polar surface area (TPSA) is 66.4 Å². The highest BCUT2D eigenvalue weighted by atomic mass is 32.2. The van der Waals surface area contributed by atoms with Gasteiger partial charge in [-0.1, -0.05) is 12.1 Å². The van der Waals surface area contributed by atoms with E-state index in [-0.39, 0.29) is 17.5 Å². The summed E-state index contributed by atoms with van der Waals surface area (Å²) in [6.45, 7) is 1.53. The van der Waals surface area contributed by atoms with Gasteiger partial charge in [-0.05, 0) is 37.8 Å². The van der Waals surface area contributed by atoms with Crippen LogP contribution in [-0.2, 0) is 9.59 Å². The molecule has 2 rings (SSSR count). The Kier molecular flexibility index (Phi) is 4.32. The molecule has 6 heteroatoms. The lowest BCUT2D eigenvalue weighted by molar-refractivity contribution is -0.147. The molecule has 0 spiro atoms.